The lowest BCUT2D eigenvalue weighted by Gasteiger charge is -2.16. The minimum atomic E-state index is -0.130. The maximum absolute atomic E-state index is 12.3. The number of anilines is 1. The third-order valence-corrected chi connectivity index (χ3v) is 3.79. The molecule has 0 aliphatic carbocycles. The molecule has 1 rings (SSSR count). The number of rotatable bonds is 8. The van der Waals surface area contributed by atoms with Gasteiger partial charge in [0.15, 0.2) is 5.75 Å². The topological polar surface area (TPSA) is 64.3 Å². The lowest BCUT2D eigenvalue weighted by Crippen LogP contribution is -2.33. The van der Waals surface area contributed by atoms with Crippen LogP contribution in [0.15, 0.2) is 18.2 Å². The lowest BCUT2D eigenvalue weighted by molar-refractivity contribution is 0.0936. The van der Waals surface area contributed by atoms with Crippen LogP contribution in [0.4, 0.5) is 5.69 Å². The maximum atomic E-state index is 12.3. The molecular formula is C15H24N2O2S. The van der Waals surface area contributed by atoms with Crippen LogP contribution in [0.3, 0.4) is 0 Å². The van der Waals surface area contributed by atoms with E-state index in [0.29, 0.717) is 23.6 Å². The first kappa shape index (κ1) is 16.7. The van der Waals surface area contributed by atoms with E-state index in [1.807, 2.05) is 25.6 Å². The molecule has 0 spiro atoms. The van der Waals surface area contributed by atoms with E-state index in [0.717, 1.165) is 17.9 Å². The molecule has 1 unspecified atom stereocenters. The Labute approximate surface area is 125 Å². The number of hydrogen-bond acceptors (Lipinski definition) is 4. The van der Waals surface area contributed by atoms with Crippen molar-refractivity contribution in [3.8, 4) is 5.75 Å². The first-order chi connectivity index (χ1) is 9.60. The Morgan fingerprint density at radius 1 is 1.45 bits per heavy atom. The molecule has 5 heteroatoms. The minimum absolute atomic E-state index is 0.130. The summed E-state index contributed by atoms with van der Waals surface area (Å²) in [5.41, 5.74) is 6.86. The lowest BCUT2D eigenvalue weighted by atomic mass is 10.1. The van der Waals surface area contributed by atoms with Crippen molar-refractivity contribution in [1.82, 2.24) is 5.32 Å². The van der Waals surface area contributed by atoms with E-state index >= 15 is 0 Å². The van der Waals surface area contributed by atoms with Gasteiger partial charge in [0.25, 0.3) is 5.91 Å². The third kappa shape index (κ3) is 4.96. The first-order valence-electron chi connectivity index (χ1n) is 7.00. The van der Waals surface area contributed by atoms with E-state index in [1.165, 1.54) is 0 Å². The number of thioether (sulfide) groups is 1. The number of para-hydroxylation sites is 1. The Kier molecular flexibility index (Phi) is 7.30. The monoisotopic (exact) mass is 296 g/mol. The number of nitrogens with two attached hydrogens (primary N) is 1. The van der Waals surface area contributed by atoms with Gasteiger partial charge in [0.05, 0.1) is 17.9 Å². The average molecular weight is 296 g/mol. The highest BCUT2D eigenvalue weighted by Crippen LogP contribution is 2.26. The second kappa shape index (κ2) is 8.74. The van der Waals surface area contributed by atoms with E-state index in [2.05, 4.69) is 12.2 Å². The number of nitrogens with one attached hydrogen (secondary N) is 1. The van der Waals surface area contributed by atoms with Crippen molar-refractivity contribution in [2.45, 2.75) is 33.2 Å². The molecule has 1 atom stereocenters. The molecule has 0 radical (unpaired) electrons. The number of benzene rings is 1. The fourth-order valence-electron chi connectivity index (χ4n) is 1.82. The zero-order valence-corrected chi connectivity index (χ0v) is 13.3. The Bertz CT molecular complexity index is 438. The van der Waals surface area contributed by atoms with Gasteiger partial charge in [-0.25, -0.2) is 0 Å². The van der Waals surface area contributed by atoms with Gasteiger partial charge in [0.2, 0.25) is 0 Å². The Balaban J connectivity index is 2.69. The van der Waals surface area contributed by atoms with Crippen molar-refractivity contribution in [1.29, 1.82) is 0 Å². The number of hydrogen-bond donors (Lipinski definition) is 2. The fraction of sp³-hybridized carbons (Fsp3) is 0.533. The number of nitrogen functional groups attached to an aromatic ring is 1. The van der Waals surface area contributed by atoms with Gasteiger partial charge in [-0.15, -0.1) is 0 Å². The van der Waals surface area contributed by atoms with E-state index in [4.69, 9.17) is 10.5 Å². The van der Waals surface area contributed by atoms with Gasteiger partial charge < -0.3 is 15.8 Å². The molecule has 0 saturated heterocycles. The molecular weight excluding hydrogens is 272 g/mol. The third-order valence-electron chi connectivity index (χ3n) is 2.86. The zero-order valence-electron chi connectivity index (χ0n) is 12.4. The molecule has 0 saturated carbocycles. The van der Waals surface area contributed by atoms with Gasteiger partial charge in [-0.3, -0.25) is 4.79 Å². The van der Waals surface area contributed by atoms with Crippen LogP contribution in [0.5, 0.6) is 5.75 Å². The quantitative estimate of drug-likeness (QED) is 0.572. The van der Waals surface area contributed by atoms with Gasteiger partial charge in [-0.2, -0.15) is 11.8 Å². The number of carbonyl (C=O) groups excluding carboxylic acids is 1. The SMILES string of the molecule is CCOc1c(N)cccc1C(=O)NC(C)CCSCC. The van der Waals surface area contributed by atoms with Crippen LogP contribution in [0.1, 0.15) is 37.6 Å². The first-order valence-corrected chi connectivity index (χ1v) is 8.15. The predicted molar refractivity (Wildman–Crippen MR) is 86.6 cm³/mol. The molecule has 1 amide bonds. The van der Waals surface area contributed by atoms with Crippen molar-refractivity contribution >= 4 is 23.4 Å². The summed E-state index contributed by atoms with van der Waals surface area (Å²) < 4.78 is 5.48. The Morgan fingerprint density at radius 3 is 2.85 bits per heavy atom. The standard InChI is InChI=1S/C15H24N2O2S/c1-4-19-14-12(7-6-8-13(14)16)15(18)17-11(3)9-10-20-5-2/h6-8,11H,4-5,9-10,16H2,1-3H3,(H,17,18). The normalized spacial score (nSPS) is 11.9. The molecule has 3 N–H and O–H groups in total. The summed E-state index contributed by atoms with van der Waals surface area (Å²) in [6.07, 6.45) is 0.955. The van der Waals surface area contributed by atoms with Crippen molar-refractivity contribution in [3.05, 3.63) is 23.8 Å². The smallest absolute Gasteiger partial charge is 0.255 e. The molecule has 1 aromatic rings. The molecule has 0 aromatic heterocycles. The van der Waals surface area contributed by atoms with Crippen LogP contribution < -0.4 is 15.8 Å². The van der Waals surface area contributed by atoms with Crippen LogP contribution in [0.2, 0.25) is 0 Å². The van der Waals surface area contributed by atoms with Crippen LogP contribution in [0.25, 0.3) is 0 Å². The average Bonchev–Trinajstić information content (AvgIpc) is 2.41. The van der Waals surface area contributed by atoms with Crippen LogP contribution in [-0.4, -0.2) is 30.1 Å². The largest absolute Gasteiger partial charge is 0.491 e. The minimum Gasteiger partial charge on any atom is -0.491 e. The second-order valence-corrected chi connectivity index (χ2v) is 5.91. The second-order valence-electron chi connectivity index (χ2n) is 4.52. The molecule has 0 bridgehead atoms. The molecule has 1 aromatic carbocycles. The van der Waals surface area contributed by atoms with E-state index in [1.54, 1.807) is 18.2 Å². The van der Waals surface area contributed by atoms with Crippen molar-refractivity contribution in [2.24, 2.45) is 0 Å². The van der Waals surface area contributed by atoms with Crippen LogP contribution >= 0.6 is 11.8 Å². The molecule has 0 fully saturated rings. The summed E-state index contributed by atoms with van der Waals surface area (Å²) in [5.74, 6) is 2.50. The Morgan fingerprint density at radius 2 is 2.20 bits per heavy atom. The van der Waals surface area contributed by atoms with Gasteiger partial charge in [-0.1, -0.05) is 13.0 Å². The summed E-state index contributed by atoms with van der Waals surface area (Å²) in [6.45, 7) is 6.51. The molecule has 0 aliphatic heterocycles. The maximum Gasteiger partial charge on any atom is 0.255 e. The molecule has 20 heavy (non-hydrogen) atoms. The van der Waals surface area contributed by atoms with Gasteiger partial charge >= 0.3 is 0 Å². The predicted octanol–water partition coefficient (Wildman–Crippen LogP) is 2.93. The van der Waals surface area contributed by atoms with E-state index in [-0.39, 0.29) is 11.9 Å². The van der Waals surface area contributed by atoms with Crippen LogP contribution in [0, 0.1) is 0 Å². The number of amides is 1. The summed E-state index contributed by atoms with van der Waals surface area (Å²) in [7, 11) is 0. The Hall–Kier alpha value is -1.36. The summed E-state index contributed by atoms with van der Waals surface area (Å²) in [5, 5.41) is 2.99. The fourth-order valence-corrected chi connectivity index (χ4v) is 2.63. The van der Waals surface area contributed by atoms with E-state index < -0.39 is 0 Å². The molecule has 112 valence electrons. The summed E-state index contributed by atoms with van der Waals surface area (Å²) >= 11 is 1.88. The van der Waals surface area contributed by atoms with E-state index in [9.17, 15) is 4.79 Å². The van der Waals surface area contributed by atoms with Gasteiger partial charge in [0, 0.05) is 6.04 Å². The molecule has 4 nitrogen and oxygen atoms in total. The van der Waals surface area contributed by atoms with Gasteiger partial charge in [0.1, 0.15) is 0 Å². The highest BCUT2D eigenvalue weighted by Gasteiger charge is 2.16. The zero-order chi connectivity index (χ0) is 15.0. The molecule has 0 aliphatic rings. The van der Waals surface area contributed by atoms with Crippen molar-refractivity contribution in [3.63, 3.8) is 0 Å². The highest BCUT2D eigenvalue weighted by atomic mass is 32.2. The van der Waals surface area contributed by atoms with Crippen molar-refractivity contribution < 1.29 is 9.53 Å². The van der Waals surface area contributed by atoms with Crippen LogP contribution in [-0.2, 0) is 0 Å². The van der Waals surface area contributed by atoms with Gasteiger partial charge in [-0.05, 0) is 43.9 Å². The van der Waals surface area contributed by atoms with Crippen molar-refractivity contribution in [2.75, 3.05) is 23.8 Å². The number of carbonyl (C=O) groups is 1. The summed E-state index contributed by atoms with van der Waals surface area (Å²) in [6, 6.07) is 5.38. The number of ether oxygens (including phenoxy) is 1. The summed E-state index contributed by atoms with van der Waals surface area (Å²) in [4.78, 5) is 12.3. The highest BCUT2D eigenvalue weighted by molar-refractivity contribution is 7.99. The molecule has 0 heterocycles.